The van der Waals surface area contributed by atoms with Gasteiger partial charge >= 0.3 is 12.1 Å². The molecule has 1 aromatic rings. The lowest BCUT2D eigenvalue weighted by Crippen LogP contribution is -2.32. The molecule has 18 heavy (non-hydrogen) atoms. The molecule has 0 radical (unpaired) electrons. The van der Waals surface area contributed by atoms with Gasteiger partial charge < -0.3 is 19.8 Å². The molecule has 6 heteroatoms. The lowest BCUT2D eigenvalue weighted by atomic mass is 10.2. The van der Waals surface area contributed by atoms with Gasteiger partial charge in [-0.2, -0.15) is 0 Å². The third-order valence-corrected chi connectivity index (χ3v) is 1.97. The molecule has 0 aliphatic carbocycles. The molecule has 1 aromatic heterocycles. The van der Waals surface area contributed by atoms with Crippen LogP contribution in [-0.4, -0.2) is 29.8 Å². The first-order valence-electron chi connectivity index (χ1n) is 5.55. The number of aromatic nitrogens is 1. The highest BCUT2D eigenvalue weighted by atomic mass is 16.6. The van der Waals surface area contributed by atoms with Crippen LogP contribution < -0.4 is 5.32 Å². The highest BCUT2D eigenvalue weighted by molar-refractivity contribution is 5.87. The van der Waals surface area contributed by atoms with Gasteiger partial charge in [0.25, 0.3) is 0 Å². The minimum absolute atomic E-state index is 0.256. The molecule has 0 saturated carbocycles. The van der Waals surface area contributed by atoms with Crippen LogP contribution in [0.25, 0.3) is 0 Å². The van der Waals surface area contributed by atoms with E-state index >= 15 is 0 Å². The van der Waals surface area contributed by atoms with Gasteiger partial charge in [0.15, 0.2) is 0 Å². The number of methoxy groups -OCH3 is 1. The van der Waals surface area contributed by atoms with E-state index in [0.29, 0.717) is 11.4 Å². The summed E-state index contributed by atoms with van der Waals surface area (Å²) < 4.78 is 9.64. The zero-order valence-electron chi connectivity index (χ0n) is 11.0. The third kappa shape index (κ3) is 4.48. The maximum atomic E-state index is 11.4. The standard InChI is InChI=1S/C12H18N2O4/c1-12(2,3)18-11(16)13-7-8-5-6-9(14-8)10(15)17-4/h5-6,14H,7H2,1-4H3,(H,13,16). The molecule has 2 N–H and O–H groups in total. The quantitative estimate of drug-likeness (QED) is 0.806. The van der Waals surface area contributed by atoms with Crippen LogP contribution in [0.15, 0.2) is 12.1 Å². The van der Waals surface area contributed by atoms with E-state index in [1.165, 1.54) is 7.11 Å². The summed E-state index contributed by atoms with van der Waals surface area (Å²) in [5, 5.41) is 2.58. The number of carbonyl (C=O) groups is 2. The second-order valence-corrected chi connectivity index (χ2v) is 4.74. The minimum Gasteiger partial charge on any atom is -0.464 e. The molecule has 0 atom stereocenters. The fourth-order valence-electron chi connectivity index (χ4n) is 1.25. The van der Waals surface area contributed by atoms with Crippen molar-refractivity contribution in [1.82, 2.24) is 10.3 Å². The highest BCUT2D eigenvalue weighted by Gasteiger charge is 2.16. The lowest BCUT2D eigenvalue weighted by molar-refractivity contribution is 0.0522. The predicted octanol–water partition coefficient (Wildman–Crippen LogP) is 1.83. The number of ether oxygens (including phenoxy) is 2. The van der Waals surface area contributed by atoms with E-state index in [0.717, 1.165) is 0 Å². The number of aromatic amines is 1. The summed E-state index contributed by atoms with van der Waals surface area (Å²) in [7, 11) is 1.31. The zero-order valence-corrected chi connectivity index (χ0v) is 11.0. The summed E-state index contributed by atoms with van der Waals surface area (Å²) >= 11 is 0. The Morgan fingerprint density at radius 1 is 1.33 bits per heavy atom. The van der Waals surface area contributed by atoms with E-state index in [1.54, 1.807) is 32.9 Å². The van der Waals surface area contributed by atoms with Crippen LogP contribution in [0.2, 0.25) is 0 Å². The summed E-state index contributed by atoms with van der Waals surface area (Å²) in [6.07, 6.45) is -0.503. The van der Waals surface area contributed by atoms with Gasteiger partial charge in [0.05, 0.1) is 13.7 Å². The highest BCUT2D eigenvalue weighted by Crippen LogP contribution is 2.07. The van der Waals surface area contributed by atoms with Crippen LogP contribution in [0.3, 0.4) is 0 Å². The van der Waals surface area contributed by atoms with Crippen molar-refractivity contribution in [3.05, 3.63) is 23.5 Å². The van der Waals surface area contributed by atoms with Crippen LogP contribution in [0.5, 0.6) is 0 Å². The summed E-state index contributed by atoms with van der Waals surface area (Å²) in [5.74, 6) is -0.446. The van der Waals surface area contributed by atoms with E-state index in [2.05, 4.69) is 15.0 Å². The van der Waals surface area contributed by atoms with E-state index < -0.39 is 17.7 Å². The average Bonchev–Trinajstić information content (AvgIpc) is 2.71. The molecule has 0 bridgehead atoms. The summed E-state index contributed by atoms with van der Waals surface area (Å²) in [6.45, 7) is 5.62. The Balaban J connectivity index is 2.47. The van der Waals surface area contributed by atoms with Crippen molar-refractivity contribution in [2.75, 3.05) is 7.11 Å². The van der Waals surface area contributed by atoms with E-state index in [1.807, 2.05) is 0 Å². The van der Waals surface area contributed by atoms with Crippen molar-refractivity contribution in [3.63, 3.8) is 0 Å². The third-order valence-electron chi connectivity index (χ3n) is 1.97. The Bertz CT molecular complexity index is 432. The van der Waals surface area contributed by atoms with Crippen molar-refractivity contribution in [2.45, 2.75) is 32.9 Å². The summed E-state index contributed by atoms with van der Waals surface area (Å²) in [6, 6.07) is 3.29. The van der Waals surface area contributed by atoms with Crippen molar-refractivity contribution in [2.24, 2.45) is 0 Å². The molecule has 0 aliphatic rings. The van der Waals surface area contributed by atoms with Gasteiger partial charge in [-0.15, -0.1) is 0 Å². The molecule has 1 rings (SSSR count). The molecule has 100 valence electrons. The van der Waals surface area contributed by atoms with Gasteiger partial charge in [-0.1, -0.05) is 0 Å². The number of nitrogens with one attached hydrogen (secondary N) is 2. The molecule has 1 heterocycles. The number of hydrogen-bond acceptors (Lipinski definition) is 4. The van der Waals surface area contributed by atoms with Gasteiger partial charge in [-0.25, -0.2) is 9.59 Å². The Kier molecular flexibility index (Phi) is 4.36. The molecule has 0 spiro atoms. The molecule has 0 saturated heterocycles. The second-order valence-electron chi connectivity index (χ2n) is 4.74. The molecule has 0 aliphatic heterocycles. The summed E-state index contributed by atoms with van der Waals surface area (Å²) in [5.41, 5.74) is 0.511. The minimum atomic E-state index is -0.531. The second kappa shape index (κ2) is 5.57. The molecule has 0 unspecified atom stereocenters. The molecule has 6 nitrogen and oxygen atoms in total. The number of amides is 1. The molecule has 0 fully saturated rings. The first kappa shape index (κ1) is 14.1. The fourth-order valence-corrected chi connectivity index (χ4v) is 1.25. The topological polar surface area (TPSA) is 80.4 Å². The van der Waals surface area contributed by atoms with Crippen LogP contribution >= 0.6 is 0 Å². The van der Waals surface area contributed by atoms with E-state index in [-0.39, 0.29) is 6.54 Å². The van der Waals surface area contributed by atoms with Gasteiger partial charge in [-0.05, 0) is 32.9 Å². The number of rotatable bonds is 3. The summed E-state index contributed by atoms with van der Waals surface area (Å²) in [4.78, 5) is 25.4. The number of H-pyrrole nitrogens is 1. The molecular weight excluding hydrogens is 236 g/mol. The monoisotopic (exact) mass is 254 g/mol. The number of carbonyl (C=O) groups excluding carboxylic acids is 2. The Morgan fingerprint density at radius 3 is 2.56 bits per heavy atom. The average molecular weight is 254 g/mol. The lowest BCUT2D eigenvalue weighted by Gasteiger charge is -2.19. The van der Waals surface area contributed by atoms with Crippen molar-refractivity contribution in [1.29, 1.82) is 0 Å². The number of esters is 1. The van der Waals surface area contributed by atoms with Crippen molar-refractivity contribution >= 4 is 12.1 Å². The maximum Gasteiger partial charge on any atom is 0.407 e. The number of alkyl carbamates (subject to hydrolysis) is 1. The number of hydrogen-bond donors (Lipinski definition) is 2. The van der Waals surface area contributed by atoms with Gasteiger partial charge in [-0.3, -0.25) is 0 Å². The van der Waals surface area contributed by atoms with Crippen LogP contribution in [0.1, 0.15) is 37.0 Å². The van der Waals surface area contributed by atoms with Gasteiger partial charge in [0.2, 0.25) is 0 Å². The Hall–Kier alpha value is -1.98. The first-order chi connectivity index (χ1) is 8.31. The van der Waals surface area contributed by atoms with Crippen LogP contribution in [0, 0.1) is 0 Å². The van der Waals surface area contributed by atoms with E-state index in [4.69, 9.17) is 4.74 Å². The molecule has 0 aromatic carbocycles. The van der Waals surface area contributed by atoms with Crippen molar-refractivity contribution in [3.8, 4) is 0 Å². The van der Waals surface area contributed by atoms with Crippen LogP contribution in [0.4, 0.5) is 4.79 Å². The molecule has 1 amide bonds. The Morgan fingerprint density at radius 2 is 2.00 bits per heavy atom. The molecular formula is C12H18N2O4. The predicted molar refractivity (Wildman–Crippen MR) is 65.2 cm³/mol. The largest absolute Gasteiger partial charge is 0.464 e. The fraction of sp³-hybridized carbons (Fsp3) is 0.500. The normalized spacial score (nSPS) is 10.9. The maximum absolute atomic E-state index is 11.4. The van der Waals surface area contributed by atoms with Gasteiger partial charge in [0.1, 0.15) is 11.3 Å². The van der Waals surface area contributed by atoms with E-state index in [9.17, 15) is 9.59 Å². The van der Waals surface area contributed by atoms with Gasteiger partial charge in [0, 0.05) is 5.69 Å². The first-order valence-corrected chi connectivity index (χ1v) is 5.55. The SMILES string of the molecule is COC(=O)c1ccc(CNC(=O)OC(C)(C)C)[nH]1. The zero-order chi connectivity index (χ0) is 13.8. The smallest absolute Gasteiger partial charge is 0.407 e. The van der Waals surface area contributed by atoms with Crippen molar-refractivity contribution < 1.29 is 19.1 Å². The Labute approximate surface area is 106 Å². The van der Waals surface area contributed by atoms with Crippen LogP contribution in [-0.2, 0) is 16.0 Å².